The van der Waals surface area contributed by atoms with Crippen molar-refractivity contribution >= 4 is 44.7 Å². The number of fused-ring (bicyclic) bond motifs is 1. The molecule has 0 aliphatic heterocycles. The molecule has 0 unspecified atom stereocenters. The highest BCUT2D eigenvalue weighted by Gasteiger charge is 2.17. The fourth-order valence-electron chi connectivity index (χ4n) is 1.80. The fraction of sp³-hybridized carbons (Fsp3) is 0.0625. The number of methoxy groups -OCH3 is 1. The number of carbonyl (C=O) groups is 1. The molecule has 0 aliphatic rings. The maximum absolute atomic E-state index is 11.4. The van der Waals surface area contributed by atoms with E-state index in [9.17, 15) is 4.79 Å². The molecule has 7 heteroatoms. The molecule has 23 heavy (non-hydrogen) atoms. The quantitative estimate of drug-likeness (QED) is 0.676. The Morgan fingerprint density at radius 3 is 2.57 bits per heavy atom. The van der Waals surface area contributed by atoms with Crippen LogP contribution in [-0.2, 0) is 4.74 Å². The Kier molecular flexibility index (Phi) is 5.52. The number of thiophene rings is 1. The number of nitrogen functional groups attached to an aromatic ring is 1. The van der Waals surface area contributed by atoms with Gasteiger partial charge in [0.1, 0.15) is 4.88 Å². The van der Waals surface area contributed by atoms with Gasteiger partial charge < -0.3 is 10.5 Å². The van der Waals surface area contributed by atoms with E-state index in [1.165, 1.54) is 18.4 Å². The largest absolute Gasteiger partial charge is 0.465 e. The maximum atomic E-state index is 11.4. The van der Waals surface area contributed by atoms with Gasteiger partial charge >= 0.3 is 5.97 Å². The van der Waals surface area contributed by atoms with Gasteiger partial charge in [-0.05, 0) is 24.3 Å². The number of esters is 1. The second-order valence-corrected chi connectivity index (χ2v) is 5.76. The molecule has 5 nitrogen and oxygen atoms in total. The SMILES string of the molecule is COC(=O)c1sc2cccc(Cl)c2c1N.N#Cc1ccncc1. The van der Waals surface area contributed by atoms with Crippen LogP contribution in [0.1, 0.15) is 15.2 Å². The molecule has 2 N–H and O–H groups in total. The van der Waals surface area contributed by atoms with Crippen LogP contribution in [0.4, 0.5) is 5.69 Å². The summed E-state index contributed by atoms with van der Waals surface area (Å²) >= 11 is 7.28. The smallest absolute Gasteiger partial charge is 0.350 e. The van der Waals surface area contributed by atoms with Crippen LogP contribution in [0.5, 0.6) is 0 Å². The van der Waals surface area contributed by atoms with Crippen molar-refractivity contribution < 1.29 is 9.53 Å². The van der Waals surface area contributed by atoms with E-state index >= 15 is 0 Å². The van der Waals surface area contributed by atoms with Crippen molar-refractivity contribution in [2.45, 2.75) is 0 Å². The minimum atomic E-state index is -0.426. The molecule has 1 aromatic carbocycles. The zero-order valence-electron chi connectivity index (χ0n) is 12.1. The summed E-state index contributed by atoms with van der Waals surface area (Å²) in [6, 6.07) is 10.8. The summed E-state index contributed by atoms with van der Waals surface area (Å²) in [4.78, 5) is 15.5. The lowest BCUT2D eigenvalue weighted by Crippen LogP contribution is -2.01. The normalized spacial score (nSPS) is 9.61. The van der Waals surface area contributed by atoms with E-state index in [0.29, 0.717) is 21.2 Å². The first-order valence-corrected chi connectivity index (χ1v) is 7.62. The van der Waals surface area contributed by atoms with Crippen molar-refractivity contribution in [3.05, 3.63) is 58.2 Å². The van der Waals surface area contributed by atoms with Crippen LogP contribution < -0.4 is 5.73 Å². The topological polar surface area (TPSA) is 89.0 Å². The fourth-order valence-corrected chi connectivity index (χ4v) is 3.20. The van der Waals surface area contributed by atoms with Crippen molar-refractivity contribution in [1.82, 2.24) is 4.98 Å². The minimum absolute atomic E-state index is 0.396. The Hall–Kier alpha value is -2.62. The molecule has 0 saturated heterocycles. The average molecular weight is 346 g/mol. The molecule has 0 aliphatic carbocycles. The molecule has 2 aromatic heterocycles. The summed E-state index contributed by atoms with van der Waals surface area (Å²) in [6.45, 7) is 0. The van der Waals surface area contributed by atoms with Gasteiger partial charge in [0.05, 0.1) is 29.5 Å². The number of nitrogens with two attached hydrogens (primary N) is 1. The summed E-state index contributed by atoms with van der Waals surface area (Å²) in [5.74, 6) is -0.426. The van der Waals surface area contributed by atoms with Gasteiger partial charge in [-0.3, -0.25) is 4.98 Å². The van der Waals surface area contributed by atoms with E-state index < -0.39 is 5.97 Å². The maximum Gasteiger partial charge on any atom is 0.350 e. The van der Waals surface area contributed by atoms with Crippen molar-refractivity contribution in [2.75, 3.05) is 12.8 Å². The van der Waals surface area contributed by atoms with Gasteiger partial charge in [0.25, 0.3) is 0 Å². The molecule has 0 radical (unpaired) electrons. The lowest BCUT2D eigenvalue weighted by Gasteiger charge is -1.97. The molecular weight excluding hydrogens is 334 g/mol. The summed E-state index contributed by atoms with van der Waals surface area (Å²) in [5, 5.41) is 9.54. The summed E-state index contributed by atoms with van der Waals surface area (Å²) in [5.41, 5.74) is 6.89. The number of nitrogens with zero attached hydrogens (tertiary/aromatic N) is 2. The number of nitriles is 1. The molecule has 0 saturated carbocycles. The van der Waals surface area contributed by atoms with Crippen LogP contribution in [0.15, 0.2) is 42.7 Å². The van der Waals surface area contributed by atoms with Crippen molar-refractivity contribution in [3.63, 3.8) is 0 Å². The van der Waals surface area contributed by atoms with Gasteiger partial charge in [-0.15, -0.1) is 11.3 Å². The highest BCUT2D eigenvalue weighted by Crippen LogP contribution is 2.38. The summed E-state index contributed by atoms with van der Waals surface area (Å²) < 4.78 is 5.52. The Balaban J connectivity index is 0.000000203. The third kappa shape index (κ3) is 3.77. The molecule has 116 valence electrons. The van der Waals surface area contributed by atoms with Gasteiger partial charge in [0, 0.05) is 22.5 Å². The number of halogens is 1. The van der Waals surface area contributed by atoms with Gasteiger partial charge in [0.2, 0.25) is 0 Å². The molecular formula is C16H12ClN3O2S. The zero-order chi connectivity index (χ0) is 16.8. The van der Waals surface area contributed by atoms with E-state index in [2.05, 4.69) is 9.72 Å². The number of hydrogen-bond donors (Lipinski definition) is 1. The standard InChI is InChI=1S/C10H8ClNO2S.C6H4N2/c1-14-10(13)9-8(12)7-5(11)3-2-4-6(7)15-9;7-5-6-1-3-8-4-2-6/h2-4H,12H2,1H3;1-4H. The van der Waals surface area contributed by atoms with Crippen LogP contribution in [0, 0.1) is 11.3 Å². The van der Waals surface area contributed by atoms with Crippen LogP contribution in [0.25, 0.3) is 10.1 Å². The third-order valence-corrected chi connectivity index (χ3v) is 4.35. The number of benzene rings is 1. The van der Waals surface area contributed by atoms with Crippen molar-refractivity contribution in [1.29, 1.82) is 5.26 Å². The van der Waals surface area contributed by atoms with E-state index in [1.54, 1.807) is 30.6 Å². The molecule has 3 rings (SSSR count). The Morgan fingerprint density at radius 1 is 1.35 bits per heavy atom. The lowest BCUT2D eigenvalue weighted by molar-refractivity contribution is 0.0607. The molecule has 0 amide bonds. The van der Waals surface area contributed by atoms with E-state index in [0.717, 1.165) is 10.1 Å². The van der Waals surface area contributed by atoms with E-state index in [1.807, 2.05) is 18.2 Å². The summed E-state index contributed by atoms with van der Waals surface area (Å²) in [7, 11) is 1.33. The Morgan fingerprint density at radius 2 is 2.04 bits per heavy atom. The lowest BCUT2D eigenvalue weighted by atomic mass is 10.2. The number of carbonyl (C=O) groups excluding carboxylic acids is 1. The Labute approximate surface area is 141 Å². The summed E-state index contributed by atoms with van der Waals surface area (Å²) in [6.07, 6.45) is 3.19. The number of aromatic nitrogens is 1. The van der Waals surface area contributed by atoms with Gasteiger partial charge in [-0.25, -0.2) is 4.79 Å². The highest BCUT2D eigenvalue weighted by molar-refractivity contribution is 7.21. The molecule has 0 bridgehead atoms. The molecule has 0 spiro atoms. The third-order valence-electron chi connectivity index (χ3n) is 2.88. The molecule has 0 fully saturated rings. The molecule has 3 aromatic rings. The first-order valence-electron chi connectivity index (χ1n) is 6.43. The van der Waals surface area contributed by atoms with E-state index in [-0.39, 0.29) is 0 Å². The first kappa shape index (κ1) is 16.7. The van der Waals surface area contributed by atoms with Gasteiger partial charge in [-0.2, -0.15) is 5.26 Å². The van der Waals surface area contributed by atoms with Crippen LogP contribution >= 0.6 is 22.9 Å². The molecule has 0 atom stereocenters. The number of anilines is 1. The number of ether oxygens (including phenoxy) is 1. The number of pyridine rings is 1. The highest BCUT2D eigenvalue weighted by atomic mass is 35.5. The minimum Gasteiger partial charge on any atom is -0.465 e. The number of hydrogen-bond acceptors (Lipinski definition) is 6. The second-order valence-electron chi connectivity index (χ2n) is 4.30. The first-order chi connectivity index (χ1) is 11.1. The number of rotatable bonds is 1. The monoisotopic (exact) mass is 345 g/mol. The van der Waals surface area contributed by atoms with Crippen LogP contribution in [0.2, 0.25) is 5.02 Å². The van der Waals surface area contributed by atoms with E-state index in [4.69, 9.17) is 22.6 Å². The predicted molar refractivity (Wildman–Crippen MR) is 91.5 cm³/mol. The van der Waals surface area contributed by atoms with Crippen molar-refractivity contribution in [3.8, 4) is 6.07 Å². The average Bonchev–Trinajstić information content (AvgIpc) is 2.93. The van der Waals surface area contributed by atoms with Crippen LogP contribution in [-0.4, -0.2) is 18.1 Å². The predicted octanol–water partition coefficient (Wildman–Crippen LogP) is 3.88. The van der Waals surface area contributed by atoms with Crippen LogP contribution in [0.3, 0.4) is 0 Å². The van der Waals surface area contributed by atoms with Gasteiger partial charge in [-0.1, -0.05) is 17.7 Å². The van der Waals surface area contributed by atoms with Gasteiger partial charge in [0.15, 0.2) is 0 Å². The zero-order valence-corrected chi connectivity index (χ0v) is 13.7. The molecule has 2 heterocycles. The second kappa shape index (κ2) is 7.58. The van der Waals surface area contributed by atoms with Crippen molar-refractivity contribution in [2.24, 2.45) is 0 Å². The Bertz CT molecular complexity index is 872.